The zero-order chi connectivity index (χ0) is 29.3. The Hall–Kier alpha value is -4.04. The second kappa shape index (κ2) is 9.80. The van der Waals surface area contributed by atoms with E-state index in [2.05, 4.69) is 67.0 Å². The Morgan fingerprint density at radius 1 is 0.927 bits per heavy atom. The van der Waals surface area contributed by atoms with Gasteiger partial charge in [-0.05, 0) is 74.1 Å². The first-order valence-electron chi connectivity index (χ1n) is 14.5. The van der Waals surface area contributed by atoms with Gasteiger partial charge in [0.2, 0.25) is 0 Å². The number of carbonyl (C=O) groups is 2. The predicted octanol–water partition coefficient (Wildman–Crippen LogP) is 3.63. The molecule has 1 fully saturated rings. The van der Waals surface area contributed by atoms with Crippen LogP contribution in [0.5, 0.6) is 0 Å². The number of hydrogen-bond acceptors (Lipinski definition) is 5. The number of H-pyrrole nitrogens is 3. The lowest BCUT2D eigenvalue weighted by atomic mass is 9.86. The van der Waals surface area contributed by atoms with Crippen LogP contribution in [0.2, 0.25) is 0 Å². The smallest absolute Gasteiger partial charge is 0.321 e. The standard InChI is InChI=1S/C33H38N4O4/c1-8-18-16(5)23-10-21-14(3)15(4)22(34-21)11-26-20(13-38)19(9-2)25(35-26)12-24-17(6)27-31(37-24)28(30(18)36-23)29(32(27)39)33(40)41-7/h10-12,16,18,29,34-38H,8-9,13H2,1-7H3/b23-10-,25-12-,26-11-,30-28-/t16-,18-,29+/m0/s1. The Labute approximate surface area is 239 Å². The van der Waals surface area contributed by atoms with E-state index in [0.29, 0.717) is 16.8 Å². The molecule has 6 rings (SSSR count). The Balaban J connectivity index is 1.75. The minimum atomic E-state index is -1.02. The van der Waals surface area contributed by atoms with Crippen molar-refractivity contribution in [3.8, 4) is 0 Å². The summed E-state index contributed by atoms with van der Waals surface area (Å²) in [6.07, 6.45) is 7.82. The van der Waals surface area contributed by atoms with E-state index >= 15 is 0 Å². The normalized spacial score (nSPS) is 25.7. The molecule has 3 aromatic rings. The number of hydrogen-bond donors (Lipinski definition) is 5. The highest BCUT2D eigenvalue weighted by Crippen LogP contribution is 2.47. The zero-order valence-corrected chi connectivity index (χ0v) is 24.8. The Kier molecular flexibility index (Phi) is 6.49. The number of esters is 1. The zero-order valence-electron chi connectivity index (χ0n) is 24.8. The van der Waals surface area contributed by atoms with Crippen LogP contribution in [0.25, 0.3) is 23.8 Å². The molecule has 0 amide bonds. The number of methoxy groups -OCH3 is 1. The van der Waals surface area contributed by atoms with Crippen LogP contribution in [0.3, 0.4) is 0 Å². The number of aliphatic hydroxyl groups is 1. The monoisotopic (exact) mass is 554 g/mol. The number of aliphatic hydroxyl groups excluding tert-OH is 1. The molecule has 41 heavy (non-hydrogen) atoms. The van der Waals surface area contributed by atoms with Gasteiger partial charge in [0, 0.05) is 67.7 Å². The van der Waals surface area contributed by atoms with E-state index in [1.165, 1.54) is 7.11 Å². The van der Waals surface area contributed by atoms with Crippen LogP contribution in [0.15, 0.2) is 11.4 Å². The molecule has 0 aromatic carbocycles. The van der Waals surface area contributed by atoms with E-state index in [9.17, 15) is 14.7 Å². The van der Waals surface area contributed by atoms with Crippen LogP contribution in [0.1, 0.15) is 88.1 Å². The Morgan fingerprint density at radius 3 is 2.17 bits per heavy atom. The van der Waals surface area contributed by atoms with E-state index in [1.54, 1.807) is 0 Å². The molecule has 0 unspecified atom stereocenters. The van der Waals surface area contributed by atoms with E-state index in [0.717, 1.165) is 79.8 Å². The predicted molar refractivity (Wildman–Crippen MR) is 159 cm³/mol. The fourth-order valence-electron chi connectivity index (χ4n) is 7.06. The van der Waals surface area contributed by atoms with Crippen molar-refractivity contribution in [1.29, 1.82) is 0 Å². The topological polar surface area (TPSA) is 123 Å². The summed E-state index contributed by atoms with van der Waals surface area (Å²) in [5.41, 5.74) is 11.6. The molecule has 8 nitrogen and oxygen atoms in total. The SMILES string of the molecule is CCc1c(CO)/c2[nH]/c1=C\c1[nH]c3c(c1C)C(=O)[C@H](C(=O)OC)/C3=C1/N/C(=C\c3[nH]c(c(C)c3C)\C=2)[C@@H](C)[C@@H]1CC. The molecule has 0 radical (unpaired) electrons. The van der Waals surface area contributed by atoms with Crippen molar-refractivity contribution in [2.75, 3.05) is 7.11 Å². The van der Waals surface area contributed by atoms with Gasteiger partial charge in [-0.1, -0.05) is 20.8 Å². The van der Waals surface area contributed by atoms with Gasteiger partial charge in [-0.25, -0.2) is 0 Å². The number of allylic oxidation sites excluding steroid dienone is 2. The number of fused-ring (bicyclic) bond motifs is 7. The number of Topliss-reactive ketones (excluding diaryl/α,β-unsaturated/α-hetero) is 1. The molecule has 5 N–H and O–H groups in total. The fraction of sp³-hybridized carbons (Fsp3) is 0.394. The van der Waals surface area contributed by atoms with Gasteiger partial charge in [0.25, 0.3) is 0 Å². The maximum absolute atomic E-state index is 13.9. The Morgan fingerprint density at radius 2 is 1.56 bits per heavy atom. The largest absolute Gasteiger partial charge is 0.468 e. The van der Waals surface area contributed by atoms with Gasteiger partial charge >= 0.3 is 5.97 Å². The van der Waals surface area contributed by atoms with E-state index in [1.807, 2.05) is 13.0 Å². The molecule has 214 valence electrons. The minimum absolute atomic E-state index is 0.0927. The summed E-state index contributed by atoms with van der Waals surface area (Å²) >= 11 is 0. The number of ketones is 1. The lowest BCUT2D eigenvalue weighted by molar-refractivity contribution is -0.141. The summed E-state index contributed by atoms with van der Waals surface area (Å²) < 4.78 is 5.17. The molecule has 0 spiro atoms. The van der Waals surface area contributed by atoms with Crippen molar-refractivity contribution in [3.63, 3.8) is 0 Å². The van der Waals surface area contributed by atoms with Crippen LogP contribution in [-0.4, -0.2) is 38.9 Å². The summed E-state index contributed by atoms with van der Waals surface area (Å²) in [7, 11) is 1.33. The molecule has 1 aliphatic carbocycles. The number of rotatable bonds is 4. The third-order valence-electron chi connectivity index (χ3n) is 9.58. The second-order valence-electron chi connectivity index (χ2n) is 11.5. The maximum Gasteiger partial charge on any atom is 0.321 e. The number of nitrogens with one attached hydrogen (secondary N) is 4. The maximum atomic E-state index is 13.9. The van der Waals surface area contributed by atoms with Crippen molar-refractivity contribution in [2.45, 2.75) is 61.0 Å². The summed E-state index contributed by atoms with van der Waals surface area (Å²) in [5.74, 6) is -1.56. The van der Waals surface area contributed by atoms with Gasteiger partial charge in [0.15, 0.2) is 5.78 Å². The van der Waals surface area contributed by atoms with Gasteiger partial charge in [0.05, 0.1) is 19.4 Å². The third-order valence-corrected chi connectivity index (χ3v) is 9.58. The van der Waals surface area contributed by atoms with Crippen molar-refractivity contribution in [3.05, 3.63) is 78.2 Å². The van der Waals surface area contributed by atoms with Crippen LogP contribution in [0, 0.1) is 38.5 Å². The fourth-order valence-corrected chi connectivity index (χ4v) is 7.06. The van der Waals surface area contributed by atoms with Crippen molar-refractivity contribution in [2.24, 2.45) is 17.8 Å². The summed E-state index contributed by atoms with van der Waals surface area (Å²) in [4.78, 5) is 37.7. The quantitative estimate of drug-likeness (QED) is 0.249. The molecule has 2 aliphatic heterocycles. The van der Waals surface area contributed by atoms with Crippen LogP contribution in [-0.2, 0) is 22.6 Å². The summed E-state index contributed by atoms with van der Waals surface area (Å²) in [6.45, 7) is 12.4. The molecular formula is C33H38N4O4. The van der Waals surface area contributed by atoms with Gasteiger partial charge in [-0.15, -0.1) is 0 Å². The third kappa shape index (κ3) is 3.84. The number of ether oxygens (including phenoxy) is 1. The molecule has 1 saturated heterocycles. The molecular weight excluding hydrogens is 516 g/mol. The minimum Gasteiger partial charge on any atom is -0.468 e. The lowest BCUT2D eigenvalue weighted by Crippen LogP contribution is -2.25. The van der Waals surface area contributed by atoms with Crippen LogP contribution in [0.4, 0.5) is 0 Å². The first kappa shape index (κ1) is 27.1. The summed E-state index contributed by atoms with van der Waals surface area (Å²) in [6, 6.07) is 0. The first-order chi connectivity index (χ1) is 19.6. The number of aromatic nitrogens is 3. The van der Waals surface area contributed by atoms with Crippen molar-refractivity contribution >= 4 is 35.6 Å². The molecule has 3 aliphatic rings. The molecule has 3 atom stereocenters. The first-order valence-corrected chi connectivity index (χ1v) is 14.5. The number of carbonyl (C=O) groups excluding carboxylic acids is 2. The highest BCUT2D eigenvalue weighted by molar-refractivity contribution is 6.24. The van der Waals surface area contributed by atoms with Crippen LogP contribution < -0.4 is 16.0 Å². The van der Waals surface area contributed by atoms with E-state index < -0.39 is 11.9 Å². The van der Waals surface area contributed by atoms with Gasteiger partial charge < -0.3 is 30.1 Å². The molecule has 5 heterocycles. The van der Waals surface area contributed by atoms with E-state index in [-0.39, 0.29) is 24.2 Å². The molecule has 8 heteroatoms. The number of aromatic amines is 3. The lowest BCUT2D eigenvalue weighted by Gasteiger charge is -2.18. The highest BCUT2D eigenvalue weighted by atomic mass is 16.5. The van der Waals surface area contributed by atoms with Crippen molar-refractivity contribution in [1.82, 2.24) is 20.3 Å². The van der Waals surface area contributed by atoms with E-state index in [4.69, 9.17) is 4.74 Å². The molecule has 0 saturated carbocycles. The Bertz CT molecular complexity index is 1810. The average Bonchev–Trinajstić information content (AvgIpc) is 3.70. The molecule has 8 bridgehead atoms. The highest BCUT2D eigenvalue weighted by Gasteiger charge is 2.48. The average molecular weight is 555 g/mol. The second-order valence-corrected chi connectivity index (χ2v) is 11.5. The van der Waals surface area contributed by atoms with Crippen LogP contribution >= 0.6 is 0 Å². The van der Waals surface area contributed by atoms with Gasteiger partial charge in [-0.3, -0.25) is 9.59 Å². The van der Waals surface area contributed by atoms with Gasteiger partial charge in [-0.2, -0.15) is 0 Å². The van der Waals surface area contributed by atoms with Crippen molar-refractivity contribution < 1.29 is 19.4 Å². The van der Waals surface area contributed by atoms with Gasteiger partial charge in [0.1, 0.15) is 5.92 Å². The summed E-state index contributed by atoms with van der Waals surface area (Å²) in [5, 5.41) is 15.8. The molecule has 3 aromatic heterocycles.